The van der Waals surface area contributed by atoms with Gasteiger partial charge in [-0.05, 0) is 50.1 Å². The first-order valence-electron chi connectivity index (χ1n) is 9.54. The Hall–Kier alpha value is -1.61. The van der Waals surface area contributed by atoms with Crippen LogP contribution in [0.15, 0.2) is 38.8 Å². The van der Waals surface area contributed by atoms with Gasteiger partial charge in [0.1, 0.15) is 11.7 Å². The van der Waals surface area contributed by atoms with Gasteiger partial charge in [-0.25, -0.2) is 9.98 Å². The van der Waals surface area contributed by atoms with Crippen molar-refractivity contribution in [2.45, 2.75) is 43.0 Å². The number of hydrogen-bond acceptors (Lipinski definition) is 7. The molecule has 0 aromatic carbocycles. The van der Waals surface area contributed by atoms with Crippen molar-refractivity contribution in [1.82, 2.24) is 15.6 Å². The maximum absolute atomic E-state index is 6.17. The molecule has 1 saturated heterocycles. The summed E-state index contributed by atoms with van der Waals surface area (Å²) in [5.41, 5.74) is 11.9. The number of halogens is 1. The second-order valence-corrected chi connectivity index (χ2v) is 8.83. The Morgan fingerprint density at radius 2 is 2.25 bits per heavy atom. The fourth-order valence-corrected chi connectivity index (χ4v) is 4.74. The molecule has 1 aliphatic heterocycles. The van der Waals surface area contributed by atoms with E-state index >= 15 is 0 Å². The van der Waals surface area contributed by atoms with Crippen molar-refractivity contribution in [3.05, 3.63) is 28.9 Å². The quantitative estimate of drug-likeness (QED) is 0.319. The van der Waals surface area contributed by atoms with Gasteiger partial charge in [0.05, 0.1) is 22.9 Å². The van der Waals surface area contributed by atoms with Crippen molar-refractivity contribution >= 4 is 41.2 Å². The standard InChI is InChI=1S/C19H28ClN7S/c1-13(28-15-4-8-24-18(22)17(15)20)25-10-16(26-12-21)27-14-2-5-19(6-3-14)7-9-23-11-19/h4,8,10,14,23H,1-3,5-7,9,11-12,21H2,(H2,22,24)(H,26,27)/b25-10-. The Morgan fingerprint density at radius 1 is 1.46 bits per heavy atom. The minimum absolute atomic E-state index is 0.210. The SMILES string of the molecule is C=C(/N=C\C(=N/CN)NC1CCC2(CCNC2)CC1)Sc1ccnc(N)c1Cl. The van der Waals surface area contributed by atoms with Gasteiger partial charge in [-0.2, -0.15) is 0 Å². The summed E-state index contributed by atoms with van der Waals surface area (Å²) in [6, 6.07) is 2.19. The van der Waals surface area contributed by atoms with Gasteiger partial charge in [0.15, 0.2) is 0 Å². The fraction of sp³-hybridized carbons (Fsp3) is 0.526. The molecular weight excluding hydrogens is 394 g/mol. The summed E-state index contributed by atoms with van der Waals surface area (Å²) in [5, 5.41) is 8.00. The molecule has 1 aromatic heterocycles. The van der Waals surface area contributed by atoms with Crippen LogP contribution in [0, 0.1) is 5.41 Å². The summed E-state index contributed by atoms with van der Waals surface area (Å²) < 4.78 is 0. The summed E-state index contributed by atoms with van der Waals surface area (Å²) in [6.07, 6.45) is 9.36. The second-order valence-electron chi connectivity index (χ2n) is 7.33. The van der Waals surface area contributed by atoms with E-state index in [2.05, 4.69) is 32.2 Å². The average molecular weight is 422 g/mol. The molecule has 2 aliphatic rings. The van der Waals surface area contributed by atoms with Gasteiger partial charge in [0.25, 0.3) is 0 Å². The van der Waals surface area contributed by atoms with Crippen molar-refractivity contribution in [3.8, 4) is 0 Å². The molecule has 2 fully saturated rings. The first-order valence-corrected chi connectivity index (χ1v) is 10.7. The molecule has 1 aromatic rings. The van der Waals surface area contributed by atoms with Crippen molar-refractivity contribution < 1.29 is 0 Å². The van der Waals surface area contributed by atoms with Crippen LogP contribution in [0.3, 0.4) is 0 Å². The number of nitrogens with two attached hydrogens (primary N) is 2. The number of amidine groups is 1. The Labute approximate surface area is 175 Å². The molecule has 0 amide bonds. The van der Waals surface area contributed by atoms with Gasteiger partial charge in [0.2, 0.25) is 0 Å². The molecule has 0 atom stereocenters. The molecular formula is C19H28ClN7S. The summed E-state index contributed by atoms with van der Waals surface area (Å²) in [4.78, 5) is 13.5. The molecule has 2 heterocycles. The number of rotatable bonds is 6. The monoisotopic (exact) mass is 421 g/mol. The Bertz CT molecular complexity index is 749. The first kappa shape index (κ1) is 21.1. The molecule has 9 heteroatoms. The topological polar surface area (TPSA) is 114 Å². The van der Waals surface area contributed by atoms with Gasteiger partial charge >= 0.3 is 0 Å². The number of hydrogen-bond donors (Lipinski definition) is 4. The molecule has 3 rings (SSSR count). The van der Waals surface area contributed by atoms with Gasteiger partial charge < -0.3 is 22.1 Å². The molecule has 0 unspecified atom stereocenters. The highest BCUT2D eigenvalue weighted by molar-refractivity contribution is 8.03. The zero-order valence-electron chi connectivity index (χ0n) is 16.0. The van der Waals surface area contributed by atoms with Crippen molar-refractivity contribution in [3.63, 3.8) is 0 Å². The van der Waals surface area contributed by atoms with Crippen LogP contribution in [-0.4, -0.2) is 42.8 Å². The minimum atomic E-state index is 0.210. The molecule has 0 bridgehead atoms. The summed E-state index contributed by atoms with van der Waals surface area (Å²) in [7, 11) is 0. The van der Waals surface area contributed by atoms with E-state index in [1.165, 1.54) is 31.0 Å². The molecule has 28 heavy (non-hydrogen) atoms. The summed E-state index contributed by atoms with van der Waals surface area (Å²) >= 11 is 7.51. The van der Waals surface area contributed by atoms with Crippen LogP contribution < -0.4 is 22.1 Å². The van der Waals surface area contributed by atoms with Gasteiger partial charge in [0, 0.05) is 23.7 Å². The Morgan fingerprint density at radius 3 is 2.93 bits per heavy atom. The van der Waals surface area contributed by atoms with Crippen LogP contribution in [0.2, 0.25) is 5.02 Å². The number of aliphatic imine (C=N–C) groups is 2. The number of aromatic nitrogens is 1. The highest BCUT2D eigenvalue weighted by Crippen LogP contribution is 2.41. The van der Waals surface area contributed by atoms with E-state index in [1.807, 2.05) is 0 Å². The van der Waals surface area contributed by atoms with Crippen LogP contribution in [0.4, 0.5) is 5.82 Å². The highest BCUT2D eigenvalue weighted by Gasteiger charge is 2.37. The third-order valence-electron chi connectivity index (χ3n) is 5.43. The molecule has 1 spiro atoms. The lowest BCUT2D eigenvalue weighted by Gasteiger charge is -2.37. The predicted octanol–water partition coefficient (Wildman–Crippen LogP) is 2.78. The van der Waals surface area contributed by atoms with Crippen LogP contribution in [0.25, 0.3) is 0 Å². The summed E-state index contributed by atoms with van der Waals surface area (Å²) in [5.74, 6) is 0.984. The third-order valence-corrected chi connectivity index (χ3v) is 6.84. The van der Waals surface area contributed by atoms with Crippen LogP contribution in [0.5, 0.6) is 0 Å². The normalized spacial score (nSPS) is 25.5. The smallest absolute Gasteiger partial charge is 0.143 e. The van der Waals surface area contributed by atoms with E-state index in [9.17, 15) is 0 Å². The molecule has 152 valence electrons. The van der Waals surface area contributed by atoms with Crippen molar-refractivity contribution in [2.24, 2.45) is 21.1 Å². The van der Waals surface area contributed by atoms with Crippen LogP contribution in [0.1, 0.15) is 32.1 Å². The number of thioether (sulfide) groups is 1. The minimum Gasteiger partial charge on any atom is -0.382 e. The maximum Gasteiger partial charge on any atom is 0.143 e. The second kappa shape index (κ2) is 9.73. The van der Waals surface area contributed by atoms with Gasteiger partial charge in [-0.15, -0.1) is 0 Å². The van der Waals surface area contributed by atoms with Crippen LogP contribution >= 0.6 is 23.4 Å². The average Bonchev–Trinajstić information content (AvgIpc) is 3.14. The zero-order chi connectivity index (χ0) is 20.0. The van der Waals surface area contributed by atoms with Gasteiger partial charge in [-0.1, -0.05) is 29.9 Å². The highest BCUT2D eigenvalue weighted by atomic mass is 35.5. The number of nitrogens with zero attached hydrogens (tertiary/aromatic N) is 3. The van der Waals surface area contributed by atoms with E-state index in [0.717, 1.165) is 30.8 Å². The number of anilines is 1. The number of nitrogens with one attached hydrogen (secondary N) is 2. The molecule has 6 N–H and O–H groups in total. The van der Waals surface area contributed by atoms with Gasteiger partial charge in [-0.3, -0.25) is 4.99 Å². The van der Waals surface area contributed by atoms with E-state index in [1.54, 1.807) is 18.5 Å². The lowest BCUT2D eigenvalue weighted by Crippen LogP contribution is -2.42. The Balaban J connectivity index is 1.54. The van der Waals surface area contributed by atoms with Crippen molar-refractivity contribution in [2.75, 3.05) is 25.5 Å². The zero-order valence-corrected chi connectivity index (χ0v) is 17.5. The van der Waals surface area contributed by atoms with E-state index in [0.29, 0.717) is 33.2 Å². The first-order chi connectivity index (χ1) is 13.5. The molecule has 1 saturated carbocycles. The Kier molecular flexibility index (Phi) is 7.34. The predicted molar refractivity (Wildman–Crippen MR) is 119 cm³/mol. The molecule has 1 aliphatic carbocycles. The van der Waals surface area contributed by atoms with E-state index in [-0.39, 0.29) is 6.67 Å². The van der Waals surface area contributed by atoms with Crippen molar-refractivity contribution in [1.29, 1.82) is 0 Å². The molecule has 0 radical (unpaired) electrons. The van der Waals surface area contributed by atoms with E-state index < -0.39 is 0 Å². The summed E-state index contributed by atoms with van der Waals surface area (Å²) in [6.45, 7) is 6.49. The lowest BCUT2D eigenvalue weighted by molar-refractivity contribution is 0.193. The largest absolute Gasteiger partial charge is 0.382 e. The number of pyridine rings is 1. The fourth-order valence-electron chi connectivity index (χ4n) is 3.83. The molecule has 7 nitrogen and oxygen atoms in total. The lowest BCUT2D eigenvalue weighted by atomic mass is 9.72. The third kappa shape index (κ3) is 5.47. The van der Waals surface area contributed by atoms with Crippen LogP contribution in [-0.2, 0) is 0 Å². The van der Waals surface area contributed by atoms with E-state index in [4.69, 9.17) is 23.1 Å². The maximum atomic E-state index is 6.17. The number of nitrogen functional groups attached to an aromatic ring is 1.